The summed E-state index contributed by atoms with van der Waals surface area (Å²) in [5, 5.41) is 10.1. The molecular weight excluding hydrogens is 404 g/mol. The number of ether oxygens (including phenoxy) is 2. The number of methoxy groups -OCH3 is 1. The van der Waals surface area contributed by atoms with E-state index in [2.05, 4.69) is 20.2 Å². The third kappa shape index (κ3) is 5.88. The van der Waals surface area contributed by atoms with Crippen LogP contribution < -0.4 is 19.5 Å². The lowest BCUT2D eigenvalue weighted by molar-refractivity contribution is -0.123. The molecule has 2 aromatic rings. The normalized spacial score (nSPS) is 13.0. The molecule has 0 radical (unpaired) electrons. The summed E-state index contributed by atoms with van der Waals surface area (Å²) in [6, 6.07) is 6.55. The van der Waals surface area contributed by atoms with Crippen LogP contribution in [0.25, 0.3) is 0 Å². The molecule has 0 aliphatic heterocycles. The standard InChI is InChI=1S/C17H24N4O5S2/c1-11(10-26-13-9-7-6-8-12(13)25-5)21-28(23,24)16-20-19-15(27-16)18-14(22)17(2,3)4/h6-9,11,21H,10H2,1-5H3,(H,18,19,22). The quantitative estimate of drug-likeness (QED) is 0.619. The second kappa shape index (κ2) is 8.84. The molecule has 11 heteroatoms. The van der Waals surface area contributed by atoms with Crippen LogP contribution in [-0.4, -0.2) is 44.3 Å². The predicted molar refractivity (Wildman–Crippen MR) is 106 cm³/mol. The Balaban J connectivity index is 1.98. The molecule has 0 spiro atoms. The lowest BCUT2D eigenvalue weighted by Gasteiger charge is -2.16. The van der Waals surface area contributed by atoms with Crippen molar-refractivity contribution in [2.24, 2.45) is 5.41 Å². The Morgan fingerprint density at radius 2 is 1.86 bits per heavy atom. The van der Waals surface area contributed by atoms with Gasteiger partial charge in [0.25, 0.3) is 10.0 Å². The molecule has 0 fully saturated rings. The molecule has 28 heavy (non-hydrogen) atoms. The van der Waals surface area contributed by atoms with Crippen LogP contribution >= 0.6 is 11.3 Å². The van der Waals surface area contributed by atoms with Crippen molar-refractivity contribution >= 4 is 32.4 Å². The molecule has 154 valence electrons. The topological polar surface area (TPSA) is 120 Å². The summed E-state index contributed by atoms with van der Waals surface area (Å²) in [6.45, 7) is 6.98. The summed E-state index contributed by atoms with van der Waals surface area (Å²) in [4.78, 5) is 12.0. The fourth-order valence-corrected chi connectivity index (χ4v) is 4.09. The molecule has 9 nitrogen and oxygen atoms in total. The third-order valence-electron chi connectivity index (χ3n) is 3.45. The number of rotatable bonds is 8. The van der Waals surface area contributed by atoms with E-state index in [9.17, 15) is 13.2 Å². The Labute approximate surface area is 168 Å². The first-order valence-corrected chi connectivity index (χ1v) is 10.8. The van der Waals surface area contributed by atoms with Crippen molar-refractivity contribution in [1.82, 2.24) is 14.9 Å². The Bertz CT molecular complexity index is 922. The maximum absolute atomic E-state index is 12.5. The maximum atomic E-state index is 12.5. The van der Waals surface area contributed by atoms with Crippen molar-refractivity contribution in [2.75, 3.05) is 19.0 Å². The van der Waals surface area contributed by atoms with Gasteiger partial charge in [-0.15, -0.1) is 10.2 Å². The highest BCUT2D eigenvalue weighted by atomic mass is 32.2. The molecule has 0 saturated carbocycles. The first-order chi connectivity index (χ1) is 13.0. The average molecular weight is 429 g/mol. The summed E-state index contributed by atoms with van der Waals surface area (Å²) >= 11 is 0.781. The summed E-state index contributed by atoms with van der Waals surface area (Å²) in [7, 11) is -2.37. The monoisotopic (exact) mass is 428 g/mol. The minimum atomic E-state index is -3.90. The number of aromatic nitrogens is 2. The Kier molecular flexibility index (Phi) is 6.96. The van der Waals surface area contributed by atoms with Gasteiger partial charge < -0.3 is 14.8 Å². The number of sulfonamides is 1. The molecule has 1 unspecified atom stereocenters. The van der Waals surface area contributed by atoms with Gasteiger partial charge in [-0.25, -0.2) is 13.1 Å². The molecule has 1 atom stereocenters. The fourth-order valence-electron chi connectivity index (χ4n) is 1.96. The van der Waals surface area contributed by atoms with Gasteiger partial charge in [-0.05, 0) is 19.1 Å². The van der Waals surface area contributed by atoms with Gasteiger partial charge in [-0.2, -0.15) is 0 Å². The Morgan fingerprint density at radius 1 is 1.21 bits per heavy atom. The molecule has 0 aliphatic rings. The van der Waals surface area contributed by atoms with E-state index in [0.717, 1.165) is 11.3 Å². The van der Waals surface area contributed by atoms with Gasteiger partial charge in [-0.3, -0.25) is 4.79 Å². The van der Waals surface area contributed by atoms with Crippen LogP contribution in [0.15, 0.2) is 28.6 Å². The van der Waals surface area contributed by atoms with E-state index in [0.29, 0.717) is 11.5 Å². The van der Waals surface area contributed by atoms with Crippen molar-refractivity contribution < 1.29 is 22.7 Å². The van der Waals surface area contributed by atoms with Gasteiger partial charge in [0.2, 0.25) is 15.4 Å². The number of anilines is 1. The number of nitrogens with one attached hydrogen (secondary N) is 2. The highest BCUT2D eigenvalue weighted by molar-refractivity contribution is 7.91. The molecular formula is C17H24N4O5S2. The molecule has 1 aromatic carbocycles. The van der Waals surface area contributed by atoms with Gasteiger partial charge in [0.15, 0.2) is 11.5 Å². The summed E-state index contributed by atoms with van der Waals surface area (Å²) in [6.07, 6.45) is 0. The van der Waals surface area contributed by atoms with Crippen LogP contribution in [-0.2, 0) is 14.8 Å². The minimum Gasteiger partial charge on any atom is -0.493 e. The summed E-state index contributed by atoms with van der Waals surface area (Å²) in [5.41, 5.74) is -0.632. The zero-order valence-corrected chi connectivity index (χ0v) is 18.0. The second-order valence-corrected chi connectivity index (χ2v) is 9.93. The molecule has 0 aliphatic carbocycles. The van der Waals surface area contributed by atoms with Crippen molar-refractivity contribution in [2.45, 2.75) is 38.1 Å². The number of amides is 1. The number of nitrogens with zero attached hydrogens (tertiary/aromatic N) is 2. The highest BCUT2D eigenvalue weighted by Crippen LogP contribution is 2.26. The molecule has 2 rings (SSSR count). The first kappa shape index (κ1) is 22.1. The second-order valence-electron chi connectivity index (χ2n) is 7.06. The summed E-state index contributed by atoms with van der Waals surface area (Å²) in [5.74, 6) is 0.791. The molecule has 0 saturated heterocycles. The highest BCUT2D eigenvalue weighted by Gasteiger charge is 2.26. The maximum Gasteiger partial charge on any atom is 0.270 e. The van der Waals surface area contributed by atoms with Crippen LogP contribution in [0.4, 0.5) is 5.13 Å². The number of hydrogen-bond donors (Lipinski definition) is 2. The lowest BCUT2D eigenvalue weighted by atomic mass is 9.96. The molecule has 1 heterocycles. The van der Waals surface area contributed by atoms with Crippen molar-refractivity contribution in [3.8, 4) is 11.5 Å². The minimum absolute atomic E-state index is 0.0893. The molecule has 2 N–H and O–H groups in total. The van der Waals surface area contributed by atoms with Gasteiger partial charge >= 0.3 is 0 Å². The average Bonchev–Trinajstić information content (AvgIpc) is 3.08. The predicted octanol–water partition coefficient (Wildman–Crippen LogP) is 2.28. The first-order valence-electron chi connectivity index (χ1n) is 8.46. The Morgan fingerprint density at radius 3 is 2.46 bits per heavy atom. The summed E-state index contributed by atoms with van der Waals surface area (Å²) < 4.78 is 38.0. The largest absolute Gasteiger partial charge is 0.493 e. The zero-order chi connectivity index (χ0) is 20.9. The lowest BCUT2D eigenvalue weighted by Crippen LogP contribution is -2.36. The van der Waals surface area contributed by atoms with Crippen LogP contribution in [0.3, 0.4) is 0 Å². The number of para-hydroxylation sites is 2. The van der Waals surface area contributed by atoms with E-state index in [1.807, 2.05) is 6.07 Å². The van der Waals surface area contributed by atoms with Gasteiger partial charge in [0, 0.05) is 5.41 Å². The van der Waals surface area contributed by atoms with E-state index >= 15 is 0 Å². The number of benzene rings is 1. The van der Waals surface area contributed by atoms with E-state index in [1.54, 1.807) is 45.9 Å². The van der Waals surface area contributed by atoms with Crippen LogP contribution in [0.2, 0.25) is 0 Å². The Hall–Kier alpha value is -2.24. The third-order valence-corrected chi connectivity index (χ3v) is 6.25. The van der Waals surface area contributed by atoms with E-state index in [4.69, 9.17) is 9.47 Å². The molecule has 1 amide bonds. The zero-order valence-electron chi connectivity index (χ0n) is 16.3. The van der Waals surface area contributed by atoms with Crippen molar-refractivity contribution in [3.05, 3.63) is 24.3 Å². The smallest absolute Gasteiger partial charge is 0.270 e. The van der Waals surface area contributed by atoms with Gasteiger partial charge in [0.1, 0.15) is 6.61 Å². The SMILES string of the molecule is COc1ccccc1OCC(C)NS(=O)(=O)c1nnc(NC(=O)C(C)(C)C)s1. The van der Waals surface area contributed by atoms with E-state index in [-0.39, 0.29) is 22.0 Å². The van der Waals surface area contributed by atoms with Crippen molar-refractivity contribution in [3.63, 3.8) is 0 Å². The molecule has 1 aromatic heterocycles. The van der Waals surface area contributed by atoms with Crippen LogP contribution in [0, 0.1) is 5.41 Å². The fraction of sp³-hybridized carbons (Fsp3) is 0.471. The number of hydrogen-bond acceptors (Lipinski definition) is 8. The number of carbonyl (C=O) groups excluding carboxylic acids is 1. The molecule has 0 bridgehead atoms. The number of carbonyl (C=O) groups is 1. The van der Waals surface area contributed by atoms with Gasteiger partial charge in [0.05, 0.1) is 13.2 Å². The van der Waals surface area contributed by atoms with Crippen LogP contribution in [0.1, 0.15) is 27.7 Å². The van der Waals surface area contributed by atoms with E-state index < -0.39 is 21.5 Å². The van der Waals surface area contributed by atoms with Gasteiger partial charge in [-0.1, -0.05) is 44.2 Å². The van der Waals surface area contributed by atoms with E-state index in [1.165, 1.54) is 7.11 Å². The van der Waals surface area contributed by atoms with Crippen molar-refractivity contribution in [1.29, 1.82) is 0 Å². The van der Waals surface area contributed by atoms with Crippen LogP contribution in [0.5, 0.6) is 11.5 Å².